The van der Waals surface area contributed by atoms with Crippen LogP contribution >= 0.6 is 11.3 Å². The van der Waals surface area contributed by atoms with Crippen LogP contribution in [-0.2, 0) is 0 Å². The van der Waals surface area contributed by atoms with Crippen LogP contribution in [0, 0.1) is 18.8 Å². The number of hydrogen-bond donors (Lipinski definition) is 1. The Labute approximate surface area is 169 Å². The second kappa shape index (κ2) is 7.72. The number of rotatable bonds is 5. The van der Waals surface area contributed by atoms with Crippen molar-refractivity contribution in [2.45, 2.75) is 40.2 Å². The van der Waals surface area contributed by atoms with Crippen molar-refractivity contribution in [1.29, 1.82) is 0 Å². The van der Waals surface area contributed by atoms with Crippen molar-refractivity contribution in [3.8, 4) is 11.6 Å². The van der Waals surface area contributed by atoms with E-state index in [9.17, 15) is 5.11 Å². The summed E-state index contributed by atoms with van der Waals surface area (Å²) < 4.78 is 7.18. The zero-order valence-corrected chi connectivity index (χ0v) is 17.7. The van der Waals surface area contributed by atoms with Gasteiger partial charge in [0.15, 0.2) is 0 Å². The zero-order valence-electron chi connectivity index (χ0n) is 16.9. The lowest BCUT2D eigenvalue weighted by atomic mass is 9.89. The van der Waals surface area contributed by atoms with Crippen LogP contribution in [0.15, 0.2) is 24.3 Å². The van der Waals surface area contributed by atoms with Crippen LogP contribution < -0.4 is 4.74 Å². The van der Waals surface area contributed by atoms with Crippen LogP contribution in [0.1, 0.15) is 49.5 Å². The van der Waals surface area contributed by atoms with Crippen molar-refractivity contribution < 1.29 is 9.84 Å². The van der Waals surface area contributed by atoms with E-state index in [2.05, 4.69) is 41.0 Å². The highest BCUT2D eigenvalue weighted by Crippen LogP contribution is 2.42. The average Bonchev–Trinajstić information content (AvgIpc) is 3.14. The van der Waals surface area contributed by atoms with Gasteiger partial charge in [-0.25, -0.2) is 4.98 Å². The van der Waals surface area contributed by atoms with Gasteiger partial charge < -0.3 is 9.84 Å². The smallest absolute Gasteiger partial charge is 0.230 e. The number of fused-ring (bicyclic) bond motifs is 1. The number of aromatic hydroxyl groups is 1. The third-order valence-corrected chi connectivity index (χ3v) is 6.40. The first-order valence-corrected chi connectivity index (χ1v) is 10.8. The van der Waals surface area contributed by atoms with E-state index in [0.717, 1.165) is 34.2 Å². The summed E-state index contributed by atoms with van der Waals surface area (Å²) >= 11 is 1.52. The summed E-state index contributed by atoms with van der Waals surface area (Å²) in [4.78, 5) is 8.59. The molecule has 28 heavy (non-hydrogen) atoms. The number of aryl methyl sites for hydroxylation is 1. The fourth-order valence-electron chi connectivity index (χ4n) is 4.39. The van der Waals surface area contributed by atoms with Crippen molar-refractivity contribution in [3.63, 3.8) is 0 Å². The monoisotopic (exact) mass is 400 g/mol. The topological polar surface area (TPSA) is 62.9 Å². The molecule has 1 aliphatic heterocycles. The molecule has 0 bridgehead atoms. The summed E-state index contributed by atoms with van der Waals surface area (Å²) in [5, 5.41) is 15.3. The molecule has 4 rings (SSSR count). The van der Waals surface area contributed by atoms with Crippen LogP contribution in [0.2, 0.25) is 0 Å². The number of ether oxygens (including phenoxy) is 1. The Morgan fingerprint density at radius 1 is 1.21 bits per heavy atom. The van der Waals surface area contributed by atoms with Gasteiger partial charge in [0.2, 0.25) is 10.8 Å². The Morgan fingerprint density at radius 2 is 1.89 bits per heavy atom. The summed E-state index contributed by atoms with van der Waals surface area (Å²) in [5.41, 5.74) is 1.15. The lowest BCUT2D eigenvalue weighted by molar-refractivity contribution is 0.112. The first kappa shape index (κ1) is 19.2. The standard InChI is InChI=1S/C21H28N4O2S/c1-5-27-17-8-6-16(7-9-17)18(24-11-13(2)10-14(3)12-24)19-20(26)25-21(28-19)22-15(4)23-25/h6-9,13-14,18,26H,5,10-12H2,1-4H3/t13-,14-,18-/m1/s1. The second-order valence-corrected chi connectivity index (χ2v) is 8.96. The molecule has 3 aromatic rings. The third-order valence-electron chi connectivity index (χ3n) is 5.32. The molecule has 0 amide bonds. The van der Waals surface area contributed by atoms with E-state index in [1.807, 2.05) is 26.0 Å². The maximum absolute atomic E-state index is 11.0. The van der Waals surface area contributed by atoms with E-state index in [1.54, 1.807) is 4.52 Å². The summed E-state index contributed by atoms with van der Waals surface area (Å²) in [6.45, 7) is 11.1. The Hall–Kier alpha value is -2.12. The Balaban J connectivity index is 1.78. The average molecular weight is 401 g/mol. The predicted molar refractivity (Wildman–Crippen MR) is 111 cm³/mol. The second-order valence-electron chi connectivity index (χ2n) is 7.95. The highest BCUT2D eigenvalue weighted by molar-refractivity contribution is 7.17. The Kier molecular flexibility index (Phi) is 5.29. The molecule has 0 radical (unpaired) electrons. The van der Waals surface area contributed by atoms with Crippen LogP contribution in [0.5, 0.6) is 11.6 Å². The number of hydrogen-bond acceptors (Lipinski definition) is 6. The molecule has 1 fully saturated rings. The maximum atomic E-state index is 11.0. The molecule has 3 heterocycles. The predicted octanol–water partition coefficient (Wildman–Crippen LogP) is 4.27. The molecule has 150 valence electrons. The molecular weight excluding hydrogens is 372 g/mol. The van der Waals surface area contributed by atoms with Crippen LogP contribution in [0.3, 0.4) is 0 Å². The Morgan fingerprint density at radius 3 is 2.50 bits per heavy atom. The minimum atomic E-state index is -0.0188. The minimum absolute atomic E-state index is 0.0188. The molecule has 3 atom stereocenters. The molecule has 1 aliphatic rings. The highest BCUT2D eigenvalue weighted by atomic mass is 32.1. The maximum Gasteiger partial charge on any atom is 0.230 e. The minimum Gasteiger partial charge on any atom is -0.494 e. The number of piperidine rings is 1. The highest BCUT2D eigenvalue weighted by Gasteiger charge is 2.33. The lowest BCUT2D eigenvalue weighted by Crippen LogP contribution is -2.41. The SMILES string of the molecule is CCOc1ccc([C@H](c2sc3nc(C)nn3c2O)N2C[C@H](C)C[C@@H](C)C2)cc1. The molecule has 0 aliphatic carbocycles. The van der Waals surface area contributed by atoms with E-state index in [-0.39, 0.29) is 11.9 Å². The van der Waals surface area contributed by atoms with Gasteiger partial charge in [-0.2, -0.15) is 4.52 Å². The number of likely N-dealkylation sites (tertiary alicyclic amines) is 1. The molecule has 1 saturated heterocycles. The lowest BCUT2D eigenvalue weighted by Gasteiger charge is -2.40. The van der Waals surface area contributed by atoms with Crippen LogP contribution in [0.25, 0.3) is 4.96 Å². The zero-order chi connectivity index (χ0) is 19.8. The number of aromatic nitrogens is 3. The van der Waals surface area contributed by atoms with Crippen molar-refractivity contribution in [2.75, 3.05) is 19.7 Å². The van der Waals surface area contributed by atoms with E-state index < -0.39 is 0 Å². The van der Waals surface area contributed by atoms with E-state index >= 15 is 0 Å². The van der Waals surface area contributed by atoms with E-state index in [0.29, 0.717) is 24.3 Å². The largest absolute Gasteiger partial charge is 0.494 e. The third kappa shape index (κ3) is 3.61. The van der Waals surface area contributed by atoms with Gasteiger partial charge in [-0.3, -0.25) is 4.90 Å². The van der Waals surface area contributed by atoms with E-state index in [4.69, 9.17) is 4.74 Å². The first-order valence-electron chi connectivity index (χ1n) is 9.98. The van der Waals surface area contributed by atoms with Gasteiger partial charge in [0.1, 0.15) is 11.6 Å². The van der Waals surface area contributed by atoms with Gasteiger partial charge in [0.25, 0.3) is 0 Å². The molecule has 0 unspecified atom stereocenters. The van der Waals surface area contributed by atoms with Crippen molar-refractivity contribution in [3.05, 3.63) is 40.5 Å². The molecule has 2 aromatic heterocycles. The quantitative estimate of drug-likeness (QED) is 0.693. The number of thiazole rings is 1. The van der Waals surface area contributed by atoms with Gasteiger partial charge >= 0.3 is 0 Å². The molecule has 1 N–H and O–H groups in total. The summed E-state index contributed by atoms with van der Waals surface area (Å²) in [6.07, 6.45) is 1.24. The molecule has 0 saturated carbocycles. The summed E-state index contributed by atoms with van der Waals surface area (Å²) in [6, 6.07) is 8.23. The van der Waals surface area contributed by atoms with Gasteiger partial charge in [-0.05, 0) is 49.8 Å². The molecule has 7 heteroatoms. The summed E-state index contributed by atoms with van der Waals surface area (Å²) in [7, 11) is 0. The molecular formula is C21H28N4O2S. The normalized spacial score (nSPS) is 21.9. The van der Waals surface area contributed by atoms with Gasteiger partial charge in [0.05, 0.1) is 17.5 Å². The fraction of sp³-hybridized carbons (Fsp3) is 0.524. The van der Waals surface area contributed by atoms with Crippen LogP contribution in [-0.4, -0.2) is 44.3 Å². The molecule has 1 aromatic carbocycles. The first-order chi connectivity index (χ1) is 13.5. The van der Waals surface area contributed by atoms with Crippen molar-refractivity contribution in [2.24, 2.45) is 11.8 Å². The number of benzene rings is 1. The Bertz CT molecular complexity index is 939. The van der Waals surface area contributed by atoms with Crippen LogP contribution in [0.4, 0.5) is 0 Å². The molecule has 6 nitrogen and oxygen atoms in total. The van der Waals surface area contributed by atoms with Gasteiger partial charge in [0, 0.05) is 13.1 Å². The van der Waals surface area contributed by atoms with Gasteiger partial charge in [-0.15, -0.1) is 5.10 Å². The van der Waals surface area contributed by atoms with Gasteiger partial charge in [-0.1, -0.05) is 37.3 Å². The van der Waals surface area contributed by atoms with Crippen molar-refractivity contribution >= 4 is 16.3 Å². The fourth-order valence-corrected chi connectivity index (χ4v) is 5.55. The van der Waals surface area contributed by atoms with E-state index in [1.165, 1.54) is 17.8 Å². The summed E-state index contributed by atoms with van der Waals surface area (Å²) in [5.74, 6) is 2.99. The van der Waals surface area contributed by atoms with Crippen molar-refractivity contribution in [1.82, 2.24) is 19.5 Å². The molecule has 0 spiro atoms. The number of nitrogens with zero attached hydrogens (tertiary/aromatic N) is 4.